The molecule has 11 aromatic rings. The van der Waals surface area contributed by atoms with Crippen molar-refractivity contribution >= 4 is 114 Å². The zero-order valence-electron chi connectivity index (χ0n) is 24.9. The summed E-state index contributed by atoms with van der Waals surface area (Å²) in [7, 11) is 0. The Hall–Kier alpha value is -6.04. The number of nitrogens with zero attached hydrogens (tertiary/aromatic N) is 1. The molecule has 0 aliphatic heterocycles. The van der Waals surface area contributed by atoms with E-state index < -0.39 is 0 Å². The lowest BCUT2D eigenvalue weighted by Gasteiger charge is -2.25. The lowest BCUT2D eigenvalue weighted by Crippen LogP contribution is -2.10. The van der Waals surface area contributed by atoms with Crippen LogP contribution >= 0.6 is 11.3 Å². The van der Waals surface area contributed by atoms with Crippen LogP contribution < -0.4 is 4.90 Å². The Labute approximate surface area is 271 Å². The van der Waals surface area contributed by atoms with E-state index in [2.05, 4.69) is 114 Å². The van der Waals surface area contributed by atoms with E-state index in [4.69, 9.17) is 13.3 Å². The molecule has 11 rings (SSSR count). The van der Waals surface area contributed by atoms with E-state index in [1.54, 1.807) is 0 Å². The summed E-state index contributed by atoms with van der Waals surface area (Å²) in [6.45, 7) is 0. The van der Waals surface area contributed by atoms with Crippen molar-refractivity contribution in [2.24, 2.45) is 0 Å². The zero-order chi connectivity index (χ0) is 30.6. The number of hydrogen-bond donors (Lipinski definition) is 0. The fourth-order valence-electron chi connectivity index (χ4n) is 7.35. The lowest BCUT2D eigenvalue weighted by atomic mass is 10.0. The number of thiophene rings is 1. The van der Waals surface area contributed by atoms with Crippen molar-refractivity contribution in [1.82, 2.24) is 0 Å². The maximum absolute atomic E-state index is 6.80. The lowest BCUT2D eigenvalue weighted by molar-refractivity contribution is 0.667. The molecular weight excluding hydrogens is 599 g/mol. The van der Waals surface area contributed by atoms with E-state index in [0.29, 0.717) is 0 Å². The number of para-hydroxylation sites is 3. The first-order valence-corrected chi connectivity index (χ1v) is 16.5. The predicted octanol–water partition coefficient (Wildman–Crippen LogP) is 13.2. The van der Waals surface area contributed by atoms with Gasteiger partial charge in [-0.3, -0.25) is 0 Å². The monoisotopic (exact) mass is 621 g/mol. The summed E-state index contributed by atoms with van der Waals surface area (Å²) >= 11 is 1.82. The molecule has 0 aliphatic rings. The van der Waals surface area contributed by atoms with Crippen molar-refractivity contribution in [3.05, 3.63) is 140 Å². The molecule has 0 amide bonds. The fourth-order valence-corrected chi connectivity index (χ4v) is 8.59. The number of benzene rings is 7. The van der Waals surface area contributed by atoms with Crippen molar-refractivity contribution in [2.75, 3.05) is 4.90 Å². The number of anilines is 3. The standard InChI is InChI=1S/C42H23NO3S/c1-5-13-34-26(9-1)28-19-17-24(21-37(28)44-34)43(25-18-20-29-27-10-2-6-14-35(27)45-38(29)22-25)33-23-32-30-11-4-8-16-39(30)47-42(32)40-31-12-3-7-15-36(31)46-41(33)40/h1-23H. The van der Waals surface area contributed by atoms with Crippen LogP contribution in [0.5, 0.6) is 0 Å². The van der Waals surface area contributed by atoms with Gasteiger partial charge in [0.2, 0.25) is 0 Å². The molecule has 0 N–H and O–H groups in total. The molecule has 0 saturated carbocycles. The number of fused-ring (bicyclic) bond motifs is 13. The zero-order valence-corrected chi connectivity index (χ0v) is 25.7. The van der Waals surface area contributed by atoms with E-state index in [1.807, 2.05) is 41.7 Å². The van der Waals surface area contributed by atoms with Crippen molar-refractivity contribution < 1.29 is 13.3 Å². The summed E-state index contributed by atoms with van der Waals surface area (Å²) in [6.07, 6.45) is 0. The summed E-state index contributed by atoms with van der Waals surface area (Å²) in [6, 6.07) is 48.7. The van der Waals surface area contributed by atoms with Gasteiger partial charge in [-0.1, -0.05) is 72.8 Å². The predicted molar refractivity (Wildman–Crippen MR) is 196 cm³/mol. The normalized spacial score (nSPS) is 12.3. The van der Waals surface area contributed by atoms with Crippen LogP contribution in [0.4, 0.5) is 17.1 Å². The quantitative estimate of drug-likeness (QED) is 0.197. The summed E-state index contributed by atoms with van der Waals surface area (Å²) < 4.78 is 22.1. The molecule has 0 spiro atoms. The highest BCUT2D eigenvalue weighted by molar-refractivity contribution is 7.26. The van der Waals surface area contributed by atoms with Crippen molar-refractivity contribution in [2.45, 2.75) is 0 Å². The molecule has 7 aromatic carbocycles. The van der Waals surface area contributed by atoms with Gasteiger partial charge in [-0.2, -0.15) is 0 Å². The molecule has 4 heterocycles. The Morgan fingerprint density at radius 2 is 0.915 bits per heavy atom. The SMILES string of the molecule is c1ccc2c(c1)oc1cc(N(c3ccc4c(c3)oc3ccccc34)c3cc4c5ccccc5sc4c4c3oc3ccccc34)ccc12. The van der Waals surface area contributed by atoms with Crippen LogP contribution in [0, 0.1) is 0 Å². The first-order chi connectivity index (χ1) is 23.3. The molecule has 5 heteroatoms. The number of rotatable bonds is 3. The largest absolute Gasteiger partial charge is 0.456 e. The van der Waals surface area contributed by atoms with Crippen LogP contribution in [0.15, 0.2) is 153 Å². The number of furan rings is 3. The second-order valence-corrected chi connectivity index (χ2v) is 13.1. The Balaban J connectivity index is 1.27. The summed E-state index contributed by atoms with van der Waals surface area (Å²) in [5.74, 6) is 0. The minimum absolute atomic E-state index is 0.835. The molecule has 0 bridgehead atoms. The van der Waals surface area contributed by atoms with Gasteiger partial charge in [0.15, 0.2) is 5.58 Å². The van der Waals surface area contributed by atoms with E-state index in [-0.39, 0.29) is 0 Å². The smallest absolute Gasteiger partial charge is 0.160 e. The van der Waals surface area contributed by atoms with Gasteiger partial charge in [0, 0.05) is 64.6 Å². The second kappa shape index (κ2) is 9.25. The third-order valence-electron chi connectivity index (χ3n) is 9.45. The Morgan fingerprint density at radius 3 is 1.55 bits per heavy atom. The van der Waals surface area contributed by atoms with Gasteiger partial charge in [0.05, 0.1) is 17.1 Å². The van der Waals surface area contributed by atoms with Gasteiger partial charge < -0.3 is 18.2 Å². The second-order valence-electron chi connectivity index (χ2n) is 12.1. The third-order valence-corrected chi connectivity index (χ3v) is 10.7. The molecular formula is C42H23NO3S. The van der Waals surface area contributed by atoms with Gasteiger partial charge in [0.1, 0.15) is 27.9 Å². The fraction of sp³-hybridized carbons (Fsp3) is 0. The van der Waals surface area contributed by atoms with Crippen molar-refractivity contribution in [1.29, 1.82) is 0 Å². The molecule has 47 heavy (non-hydrogen) atoms. The van der Waals surface area contributed by atoms with E-state index in [1.165, 1.54) is 20.2 Å². The van der Waals surface area contributed by atoms with Gasteiger partial charge in [-0.25, -0.2) is 0 Å². The van der Waals surface area contributed by atoms with Gasteiger partial charge in [0.25, 0.3) is 0 Å². The average molecular weight is 622 g/mol. The first kappa shape index (κ1) is 25.2. The Morgan fingerprint density at radius 1 is 0.404 bits per heavy atom. The van der Waals surface area contributed by atoms with Crippen LogP contribution in [0.3, 0.4) is 0 Å². The Kier molecular flexibility index (Phi) is 4.96. The van der Waals surface area contributed by atoms with Crippen molar-refractivity contribution in [3.8, 4) is 0 Å². The van der Waals surface area contributed by atoms with Crippen LogP contribution in [-0.2, 0) is 0 Å². The molecule has 0 unspecified atom stereocenters. The molecule has 0 aliphatic carbocycles. The first-order valence-electron chi connectivity index (χ1n) is 15.7. The van der Waals surface area contributed by atoms with Crippen LogP contribution in [0.1, 0.15) is 0 Å². The molecule has 0 radical (unpaired) electrons. The summed E-state index contributed by atoms with van der Waals surface area (Å²) in [4.78, 5) is 2.29. The van der Waals surface area contributed by atoms with Crippen LogP contribution in [0.25, 0.3) is 86.0 Å². The minimum Gasteiger partial charge on any atom is -0.456 e. The Bertz CT molecular complexity index is 2930. The van der Waals surface area contributed by atoms with E-state index in [0.717, 1.165) is 82.9 Å². The maximum atomic E-state index is 6.80. The topological polar surface area (TPSA) is 42.7 Å². The molecule has 220 valence electrons. The van der Waals surface area contributed by atoms with Gasteiger partial charge in [-0.15, -0.1) is 11.3 Å². The molecule has 4 nitrogen and oxygen atoms in total. The summed E-state index contributed by atoms with van der Waals surface area (Å²) in [5, 5.41) is 9.08. The maximum Gasteiger partial charge on any atom is 0.160 e. The van der Waals surface area contributed by atoms with E-state index >= 15 is 0 Å². The molecule has 0 atom stereocenters. The highest BCUT2D eigenvalue weighted by Crippen LogP contribution is 2.50. The minimum atomic E-state index is 0.835. The van der Waals surface area contributed by atoms with Crippen LogP contribution in [-0.4, -0.2) is 0 Å². The molecule has 0 saturated heterocycles. The number of hydrogen-bond acceptors (Lipinski definition) is 5. The van der Waals surface area contributed by atoms with Crippen LogP contribution in [0.2, 0.25) is 0 Å². The highest BCUT2D eigenvalue weighted by atomic mass is 32.1. The summed E-state index contributed by atoms with van der Waals surface area (Å²) in [5.41, 5.74) is 8.02. The van der Waals surface area contributed by atoms with E-state index in [9.17, 15) is 0 Å². The molecule has 0 fully saturated rings. The molecule has 4 aromatic heterocycles. The highest BCUT2D eigenvalue weighted by Gasteiger charge is 2.25. The average Bonchev–Trinajstić information content (AvgIpc) is 3.87. The van der Waals surface area contributed by atoms with Gasteiger partial charge >= 0.3 is 0 Å². The van der Waals surface area contributed by atoms with Crippen molar-refractivity contribution in [3.63, 3.8) is 0 Å². The third kappa shape index (κ3) is 3.52. The van der Waals surface area contributed by atoms with Gasteiger partial charge in [-0.05, 0) is 54.6 Å².